The van der Waals surface area contributed by atoms with Gasteiger partial charge in [-0.15, -0.1) is 0 Å². The van der Waals surface area contributed by atoms with E-state index in [-0.39, 0.29) is 0 Å². The number of aryl methyl sites for hydroxylation is 1. The van der Waals surface area contributed by atoms with E-state index in [1.165, 1.54) is 0 Å². The van der Waals surface area contributed by atoms with Crippen molar-refractivity contribution in [2.45, 2.75) is 13.1 Å². The lowest BCUT2D eigenvalue weighted by molar-refractivity contribution is 0.649. The summed E-state index contributed by atoms with van der Waals surface area (Å²) in [6.07, 6.45) is 1.69. The number of nitrogens with zero attached hydrogens (tertiary/aromatic N) is 3. The van der Waals surface area contributed by atoms with Crippen molar-refractivity contribution in [1.29, 1.82) is 0 Å². The third-order valence-electron chi connectivity index (χ3n) is 2.24. The standard InChI is InChI=1S/C11H12BrClN4/c1-17-7-15-11(16-17)6-14-5-8-2-3-10(13)9(12)4-8/h2-4,7,14H,5-6H2,1H3. The zero-order valence-corrected chi connectivity index (χ0v) is 11.7. The van der Waals surface area contributed by atoms with Crippen LogP contribution in [0.3, 0.4) is 0 Å². The molecule has 17 heavy (non-hydrogen) atoms. The molecule has 1 aromatic heterocycles. The van der Waals surface area contributed by atoms with Crippen molar-refractivity contribution >= 4 is 27.5 Å². The Hall–Kier alpha value is -0.910. The molecule has 0 fully saturated rings. The van der Waals surface area contributed by atoms with E-state index in [9.17, 15) is 0 Å². The minimum absolute atomic E-state index is 0.654. The van der Waals surface area contributed by atoms with Gasteiger partial charge in [-0.1, -0.05) is 17.7 Å². The van der Waals surface area contributed by atoms with Crippen molar-refractivity contribution in [2.75, 3.05) is 0 Å². The van der Waals surface area contributed by atoms with Gasteiger partial charge in [-0.3, -0.25) is 4.68 Å². The molecule has 90 valence electrons. The SMILES string of the molecule is Cn1cnc(CNCc2ccc(Cl)c(Br)c2)n1. The van der Waals surface area contributed by atoms with Gasteiger partial charge in [0, 0.05) is 18.1 Å². The first-order chi connectivity index (χ1) is 8.15. The van der Waals surface area contributed by atoms with Crippen molar-refractivity contribution in [3.63, 3.8) is 0 Å². The number of hydrogen-bond donors (Lipinski definition) is 1. The van der Waals surface area contributed by atoms with Gasteiger partial charge < -0.3 is 5.32 Å². The van der Waals surface area contributed by atoms with E-state index in [2.05, 4.69) is 31.3 Å². The quantitative estimate of drug-likeness (QED) is 0.943. The normalized spacial score (nSPS) is 10.8. The smallest absolute Gasteiger partial charge is 0.164 e. The van der Waals surface area contributed by atoms with Crippen molar-refractivity contribution < 1.29 is 0 Å². The van der Waals surface area contributed by atoms with Gasteiger partial charge >= 0.3 is 0 Å². The highest BCUT2D eigenvalue weighted by molar-refractivity contribution is 9.10. The molecule has 1 aromatic carbocycles. The second-order valence-electron chi connectivity index (χ2n) is 3.69. The van der Waals surface area contributed by atoms with Gasteiger partial charge in [0.1, 0.15) is 6.33 Å². The van der Waals surface area contributed by atoms with Crippen LogP contribution in [-0.2, 0) is 20.1 Å². The van der Waals surface area contributed by atoms with Crippen LogP contribution in [0.15, 0.2) is 29.0 Å². The highest BCUT2D eigenvalue weighted by Crippen LogP contribution is 2.23. The van der Waals surface area contributed by atoms with Crippen LogP contribution < -0.4 is 5.32 Å². The topological polar surface area (TPSA) is 42.7 Å². The number of nitrogens with one attached hydrogen (secondary N) is 1. The molecular formula is C11H12BrClN4. The Bertz CT molecular complexity index is 512. The van der Waals surface area contributed by atoms with Gasteiger partial charge in [-0.05, 0) is 33.6 Å². The van der Waals surface area contributed by atoms with Gasteiger partial charge in [-0.2, -0.15) is 5.10 Å². The first kappa shape index (κ1) is 12.5. The molecule has 0 aliphatic rings. The monoisotopic (exact) mass is 314 g/mol. The summed E-state index contributed by atoms with van der Waals surface area (Å²) in [6, 6.07) is 5.87. The number of rotatable bonds is 4. The van der Waals surface area contributed by atoms with Crippen LogP contribution >= 0.6 is 27.5 Å². The van der Waals surface area contributed by atoms with Crippen molar-refractivity contribution in [1.82, 2.24) is 20.1 Å². The summed E-state index contributed by atoms with van der Waals surface area (Å²) in [6.45, 7) is 1.41. The predicted octanol–water partition coefficient (Wildman–Crippen LogP) is 2.52. The summed E-state index contributed by atoms with van der Waals surface area (Å²) in [4.78, 5) is 4.14. The Morgan fingerprint density at radius 1 is 1.41 bits per heavy atom. The maximum atomic E-state index is 5.92. The molecule has 0 spiro atoms. The summed E-state index contributed by atoms with van der Waals surface area (Å²) in [5, 5.41) is 8.18. The van der Waals surface area contributed by atoms with E-state index in [1.54, 1.807) is 11.0 Å². The average molecular weight is 316 g/mol. The van der Waals surface area contributed by atoms with E-state index in [0.717, 1.165) is 27.4 Å². The second kappa shape index (κ2) is 5.62. The zero-order chi connectivity index (χ0) is 12.3. The fourth-order valence-electron chi connectivity index (χ4n) is 1.43. The minimum Gasteiger partial charge on any atom is -0.306 e. The molecule has 1 N–H and O–H groups in total. The molecule has 2 aromatic rings. The van der Waals surface area contributed by atoms with Crippen LogP contribution in [0.4, 0.5) is 0 Å². The van der Waals surface area contributed by atoms with E-state index < -0.39 is 0 Å². The Labute approximate surface area is 113 Å². The molecule has 0 radical (unpaired) electrons. The average Bonchev–Trinajstić information content (AvgIpc) is 2.70. The summed E-state index contributed by atoms with van der Waals surface area (Å²) < 4.78 is 2.60. The maximum absolute atomic E-state index is 5.92. The van der Waals surface area contributed by atoms with Gasteiger partial charge in [0.2, 0.25) is 0 Å². The first-order valence-corrected chi connectivity index (χ1v) is 6.31. The molecule has 0 unspecified atom stereocenters. The van der Waals surface area contributed by atoms with E-state index in [0.29, 0.717) is 6.54 Å². The van der Waals surface area contributed by atoms with E-state index >= 15 is 0 Å². The lowest BCUT2D eigenvalue weighted by atomic mass is 10.2. The summed E-state index contributed by atoms with van der Waals surface area (Å²) >= 11 is 9.32. The Kier molecular flexibility index (Phi) is 4.15. The Morgan fingerprint density at radius 3 is 2.88 bits per heavy atom. The molecule has 0 bridgehead atoms. The van der Waals surface area contributed by atoms with Gasteiger partial charge in [-0.25, -0.2) is 4.98 Å². The molecule has 0 aliphatic heterocycles. The van der Waals surface area contributed by atoms with Crippen LogP contribution in [0, 0.1) is 0 Å². The Morgan fingerprint density at radius 2 is 2.24 bits per heavy atom. The molecule has 0 atom stereocenters. The summed E-state index contributed by atoms with van der Waals surface area (Å²) in [7, 11) is 1.85. The van der Waals surface area contributed by atoms with Crippen LogP contribution in [0.2, 0.25) is 5.02 Å². The van der Waals surface area contributed by atoms with Crippen molar-refractivity contribution in [3.8, 4) is 0 Å². The molecule has 1 heterocycles. The summed E-state index contributed by atoms with van der Waals surface area (Å²) in [5.41, 5.74) is 1.16. The minimum atomic E-state index is 0.654. The molecule has 6 heteroatoms. The molecular weight excluding hydrogens is 304 g/mol. The lowest BCUT2D eigenvalue weighted by Gasteiger charge is -2.04. The van der Waals surface area contributed by atoms with Gasteiger partial charge in [0.15, 0.2) is 5.82 Å². The summed E-state index contributed by atoms with van der Waals surface area (Å²) in [5.74, 6) is 0.792. The largest absolute Gasteiger partial charge is 0.306 e. The van der Waals surface area contributed by atoms with E-state index in [1.807, 2.05) is 25.2 Å². The molecule has 0 amide bonds. The second-order valence-corrected chi connectivity index (χ2v) is 4.95. The lowest BCUT2D eigenvalue weighted by Crippen LogP contribution is -2.14. The fourth-order valence-corrected chi connectivity index (χ4v) is 1.98. The first-order valence-electron chi connectivity index (χ1n) is 5.14. The van der Waals surface area contributed by atoms with Crippen molar-refractivity contribution in [3.05, 3.63) is 45.4 Å². The highest BCUT2D eigenvalue weighted by atomic mass is 79.9. The van der Waals surface area contributed by atoms with Crippen LogP contribution in [0.5, 0.6) is 0 Å². The third kappa shape index (κ3) is 3.52. The number of aromatic nitrogens is 3. The predicted molar refractivity (Wildman–Crippen MR) is 70.7 cm³/mol. The third-order valence-corrected chi connectivity index (χ3v) is 3.46. The molecule has 0 aliphatic carbocycles. The van der Waals surface area contributed by atoms with Gasteiger partial charge in [0.05, 0.1) is 11.6 Å². The zero-order valence-electron chi connectivity index (χ0n) is 9.32. The fraction of sp³-hybridized carbons (Fsp3) is 0.273. The maximum Gasteiger partial charge on any atom is 0.164 e. The van der Waals surface area contributed by atoms with E-state index in [4.69, 9.17) is 11.6 Å². The molecule has 0 saturated heterocycles. The Balaban J connectivity index is 1.87. The number of hydrogen-bond acceptors (Lipinski definition) is 3. The van der Waals surface area contributed by atoms with Crippen LogP contribution in [-0.4, -0.2) is 14.8 Å². The molecule has 2 rings (SSSR count). The number of benzene rings is 1. The van der Waals surface area contributed by atoms with Crippen LogP contribution in [0.1, 0.15) is 11.4 Å². The molecule has 0 saturated carbocycles. The highest BCUT2D eigenvalue weighted by Gasteiger charge is 2.01. The van der Waals surface area contributed by atoms with Crippen molar-refractivity contribution in [2.24, 2.45) is 7.05 Å². The van der Waals surface area contributed by atoms with Crippen LogP contribution in [0.25, 0.3) is 0 Å². The molecule has 4 nitrogen and oxygen atoms in total. The number of halogens is 2. The van der Waals surface area contributed by atoms with Gasteiger partial charge in [0.25, 0.3) is 0 Å².